The number of anilines is 1. The van der Waals surface area contributed by atoms with Crippen molar-refractivity contribution in [3.63, 3.8) is 0 Å². The molecule has 2 aromatic rings. The predicted octanol–water partition coefficient (Wildman–Crippen LogP) is 3.29. The van der Waals surface area contributed by atoms with Crippen molar-refractivity contribution in [2.24, 2.45) is 0 Å². The fourth-order valence-corrected chi connectivity index (χ4v) is 2.23. The number of aliphatic hydroxyl groups is 1. The van der Waals surface area contributed by atoms with Gasteiger partial charge in [0, 0.05) is 17.8 Å². The summed E-state index contributed by atoms with van der Waals surface area (Å²) >= 11 is 0. The van der Waals surface area contributed by atoms with E-state index in [9.17, 15) is 9.90 Å². The zero-order chi connectivity index (χ0) is 15.8. The zero-order valence-electron chi connectivity index (χ0n) is 12.7. The van der Waals surface area contributed by atoms with Crippen LogP contribution in [-0.4, -0.2) is 17.7 Å². The second kappa shape index (κ2) is 8.20. The van der Waals surface area contributed by atoms with Crippen LogP contribution in [0.5, 0.6) is 0 Å². The van der Waals surface area contributed by atoms with Crippen molar-refractivity contribution in [1.82, 2.24) is 0 Å². The van der Waals surface area contributed by atoms with Gasteiger partial charge in [-0.15, -0.1) is 0 Å². The summed E-state index contributed by atoms with van der Waals surface area (Å²) in [5.41, 5.74) is 2.67. The van der Waals surface area contributed by atoms with E-state index in [4.69, 9.17) is 4.74 Å². The first kappa shape index (κ1) is 16.0. The fourth-order valence-electron chi connectivity index (χ4n) is 2.23. The van der Waals surface area contributed by atoms with E-state index in [-0.39, 0.29) is 6.42 Å². The van der Waals surface area contributed by atoms with E-state index in [1.165, 1.54) is 0 Å². The van der Waals surface area contributed by atoms with Crippen LogP contribution in [0, 0.1) is 0 Å². The van der Waals surface area contributed by atoms with Gasteiger partial charge in [0.1, 0.15) is 0 Å². The molecule has 4 heteroatoms. The van der Waals surface area contributed by atoms with Crippen LogP contribution in [-0.2, 0) is 16.1 Å². The van der Waals surface area contributed by atoms with Crippen molar-refractivity contribution in [3.8, 4) is 0 Å². The number of carbonyl (C=O) groups is 1. The van der Waals surface area contributed by atoms with Crippen LogP contribution in [0.15, 0.2) is 54.6 Å². The molecule has 22 heavy (non-hydrogen) atoms. The Morgan fingerprint density at radius 2 is 1.82 bits per heavy atom. The van der Waals surface area contributed by atoms with Crippen LogP contribution in [0.1, 0.15) is 30.6 Å². The summed E-state index contributed by atoms with van der Waals surface area (Å²) < 4.78 is 4.88. The molecular weight excluding hydrogens is 278 g/mol. The van der Waals surface area contributed by atoms with Gasteiger partial charge < -0.3 is 15.2 Å². The summed E-state index contributed by atoms with van der Waals surface area (Å²) in [6.07, 6.45) is -0.920. The minimum atomic E-state index is -0.876. The molecule has 0 saturated carbocycles. The van der Waals surface area contributed by atoms with Gasteiger partial charge >= 0.3 is 5.97 Å². The van der Waals surface area contributed by atoms with Gasteiger partial charge in [0.15, 0.2) is 0 Å². The van der Waals surface area contributed by atoms with E-state index >= 15 is 0 Å². The Hall–Kier alpha value is -2.33. The number of esters is 1. The van der Waals surface area contributed by atoms with Gasteiger partial charge in [-0.3, -0.25) is 4.79 Å². The molecule has 116 valence electrons. The molecule has 0 heterocycles. The first-order valence-corrected chi connectivity index (χ1v) is 7.41. The molecule has 1 unspecified atom stereocenters. The standard InChI is InChI=1S/C18H21NO3/c1-2-22-18(21)12-17(20)15-10-6-7-11-16(15)19-13-14-8-4-3-5-9-14/h3-11,17,19-20H,2,12-13H2,1H3. The quantitative estimate of drug-likeness (QED) is 0.770. The molecule has 1 atom stereocenters. The van der Waals surface area contributed by atoms with Crippen LogP contribution in [0.4, 0.5) is 5.69 Å². The van der Waals surface area contributed by atoms with E-state index in [2.05, 4.69) is 5.32 Å². The minimum Gasteiger partial charge on any atom is -0.466 e. The van der Waals surface area contributed by atoms with Crippen LogP contribution in [0.3, 0.4) is 0 Å². The molecule has 0 aliphatic rings. The van der Waals surface area contributed by atoms with Crippen LogP contribution in [0.2, 0.25) is 0 Å². The van der Waals surface area contributed by atoms with Crippen molar-refractivity contribution in [2.75, 3.05) is 11.9 Å². The molecule has 0 aliphatic carbocycles. The Labute approximate surface area is 130 Å². The number of aliphatic hydroxyl groups excluding tert-OH is 1. The second-order valence-electron chi connectivity index (χ2n) is 4.95. The maximum atomic E-state index is 11.5. The molecule has 0 fully saturated rings. The molecule has 0 bridgehead atoms. The molecule has 2 aromatic carbocycles. The summed E-state index contributed by atoms with van der Waals surface area (Å²) in [5.74, 6) is -0.395. The van der Waals surface area contributed by atoms with E-state index in [0.29, 0.717) is 18.7 Å². The number of benzene rings is 2. The highest BCUT2D eigenvalue weighted by Gasteiger charge is 2.16. The highest BCUT2D eigenvalue weighted by Crippen LogP contribution is 2.26. The molecule has 0 amide bonds. The summed E-state index contributed by atoms with van der Waals surface area (Å²) in [6, 6.07) is 17.5. The van der Waals surface area contributed by atoms with E-state index in [0.717, 1.165) is 11.3 Å². The Balaban J connectivity index is 2.04. The molecule has 0 aliphatic heterocycles. The van der Waals surface area contributed by atoms with Gasteiger partial charge in [-0.25, -0.2) is 0 Å². The lowest BCUT2D eigenvalue weighted by molar-refractivity contribution is -0.145. The third-order valence-corrected chi connectivity index (χ3v) is 3.31. The zero-order valence-corrected chi connectivity index (χ0v) is 12.7. The lowest BCUT2D eigenvalue weighted by Gasteiger charge is -2.16. The minimum absolute atomic E-state index is 0.0438. The van der Waals surface area contributed by atoms with Gasteiger partial charge in [0.05, 0.1) is 19.1 Å². The highest BCUT2D eigenvalue weighted by atomic mass is 16.5. The van der Waals surface area contributed by atoms with Gasteiger partial charge in [-0.05, 0) is 18.6 Å². The first-order chi connectivity index (χ1) is 10.7. The topological polar surface area (TPSA) is 58.6 Å². The Kier molecular flexibility index (Phi) is 5.98. The Morgan fingerprint density at radius 3 is 2.55 bits per heavy atom. The van der Waals surface area contributed by atoms with E-state index in [1.807, 2.05) is 54.6 Å². The summed E-state index contributed by atoms with van der Waals surface area (Å²) in [4.78, 5) is 11.5. The third-order valence-electron chi connectivity index (χ3n) is 3.31. The number of hydrogen-bond donors (Lipinski definition) is 2. The number of para-hydroxylation sites is 1. The fraction of sp³-hybridized carbons (Fsp3) is 0.278. The first-order valence-electron chi connectivity index (χ1n) is 7.41. The molecule has 2 rings (SSSR count). The number of hydrogen-bond acceptors (Lipinski definition) is 4. The van der Waals surface area contributed by atoms with E-state index in [1.54, 1.807) is 6.92 Å². The molecule has 2 N–H and O–H groups in total. The lowest BCUT2D eigenvalue weighted by Crippen LogP contribution is -2.12. The maximum Gasteiger partial charge on any atom is 0.308 e. The third kappa shape index (κ3) is 4.60. The summed E-state index contributed by atoms with van der Waals surface area (Å²) in [7, 11) is 0. The molecular formula is C18H21NO3. The predicted molar refractivity (Wildman–Crippen MR) is 86.4 cm³/mol. The van der Waals surface area contributed by atoms with Gasteiger partial charge in [0.2, 0.25) is 0 Å². The normalized spacial score (nSPS) is 11.7. The number of rotatable bonds is 7. The van der Waals surface area contributed by atoms with Gasteiger partial charge in [-0.2, -0.15) is 0 Å². The Morgan fingerprint density at radius 1 is 1.14 bits per heavy atom. The smallest absolute Gasteiger partial charge is 0.308 e. The summed E-state index contributed by atoms with van der Waals surface area (Å²) in [6.45, 7) is 2.73. The van der Waals surface area contributed by atoms with Crippen LogP contribution in [0.25, 0.3) is 0 Å². The molecule has 0 saturated heterocycles. The lowest BCUT2D eigenvalue weighted by atomic mass is 10.0. The second-order valence-corrected chi connectivity index (χ2v) is 4.95. The molecule has 0 radical (unpaired) electrons. The summed E-state index contributed by atoms with van der Waals surface area (Å²) in [5, 5.41) is 13.6. The average Bonchev–Trinajstić information content (AvgIpc) is 2.54. The van der Waals surface area contributed by atoms with Crippen molar-refractivity contribution in [2.45, 2.75) is 26.0 Å². The SMILES string of the molecule is CCOC(=O)CC(O)c1ccccc1NCc1ccccc1. The van der Waals surface area contributed by atoms with Crippen molar-refractivity contribution < 1.29 is 14.6 Å². The Bertz CT molecular complexity index is 598. The largest absolute Gasteiger partial charge is 0.466 e. The van der Waals surface area contributed by atoms with Crippen molar-refractivity contribution >= 4 is 11.7 Å². The van der Waals surface area contributed by atoms with Gasteiger partial charge in [-0.1, -0.05) is 48.5 Å². The molecule has 4 nitrogen and oxygen atoms in total. The number of carbonyl (C=O) groups excluding carboxylic acids is 1. The molecule has 0 spiro atoms. The maximum absolute atomic E-state index is 11.5. The number of nitrogens with one attached hydrogen (secondary N) is 1. The van der Waals surface area contributed by atoms with Crippen LogP contribution >= 0.6 is 0 Å². The molecule has 0 aromatic heterocycles. The number of ether oxygens (including phenoxy) is 1. The average molecular weight is 299 g/mol. The van der Waals surface area contributed by atoms with Crippen LogP contribution < -0.4 is 5.32 Å². The monoisotopic (exact) mass is 299 g/mol. The van der Waals surface area contributed by atoms with E-state index < -0.39 is 12.1 Å². The van der Waals surface area contributed by atoms with Crippen molar-refractivity contribution in [3.05, 3.63) is 65.7 Å². The van der Waals surface area contributed by atoms with Crippen molar-refractivity contribution in [1.29, 1.82) is 0 Å². The highest BCUT2D eigenvalue weighted by molar-refractivity contribution is 5.71. The van der Waals surface area contributed by atoms with Gasteiger partial charge in [0.25, 0.3) is 0 Å².